The monoisotopic (exact) mass is 385 g/mol. The van der Waals surface area contributed by atoms with Crippen molar-refractivity contribution in [1.29, 1.82) is 0 Å². The van der Waals surface area contributed by atoms with Gasteiger partial charge in [-0.3, -0.25) is 4.79 Å². The Labute approximate surface area is 163 Å². The van der Waals surface area contributed by atoms with Gasteiger partial charge in [0.25, 0.3) is 0 Å². The lowest BCUT2D eigenvalue weighted by Gasteiger charge is -2.16. The van der Waals surface area contributed by atoms with Crippen molar-refractivity contribution in [1.82, 2.24) is 0 Å². The molecule has 2 aromatic rings. The van der Waals surface area contributed by atoms with Crippen LogP contribution in [0.2, 0.25) is 0 Å². The lowest BCUT2D eigenvalue weighted by molar-refractivity contribution is -0.141. The van der Waals surface area contributed by atoms with E-state index in [9.17, 15) is 4.79 Å². The Bertz CT molecular complexity index is 895. The minimum atomic E-state index is -0.237. The number of esters is 1. The van der Waals surface area contributed by atoms with Crippen LogP contribution in [0, 0.1) is 0 Å². The zero-order chi connectivity index (χ0) is 19.7. The molecule has 0 bridgehead atoms. The highest BCUT2D eigenvalue weighted by molar-refractivity contribution is 5.71. The molecule has 0 aromatic heterocycles. The summed E-state index contributed by atoms with van der Waals surface area (Å²) in [5.74, 6) is 2.67. The number of hydrogen-bond acceptors (Lipinski definition) is 7. The Morgan fingerprint density at radius 1 is 1.14 bits per heavy atom. The first-order valence-corrected chi connectivity index (χ1v) is 9.11. The predicted octanol–water partition coefficient (Wildman–Crippen LogP) is 3.10. The second-order valence-electron chi connectivity index (χ2n) is 7.01. The molecule has 0 amide bonds. The van der Waals surface area contributed by atoms with Crippen molar-refractivity contribution in [2.75, 3.05) is 39.5 Å². The molecule has 0 saturated carbocycles. The van der Waals surface area contributed by atoms with Crippen LogP contribution < -0.4 is 23.8 Å². The normalized spacial score (nSPS) is 16.3. The van der Waals surface area contributed by atoms with Crippen LogP contribution >= 0.6 is 0 Å². The molecule has 4 rings (SSSR count). The topological polar surface area (TPSA) is 66.5 Å². The van der Waals surface area contributed by atoms with Gasteiger partial charge in [0.15, 0.2) is 11.5 Å². The number of fused-ring (bicyclic) bond motifs is 2. The molecular weight excluding hydrogens is 362 g/mol. The Balaban J connectivity index is 1.49. The smallest absolute Gasteiger partial charge is 0.306 e. The molecule has 7 nitrogen and oxygen atoms in total. The van der Waals surface area contributed by atoms with Gasteiger partial charge in [-0.15, -0.1) is 0 Å². The fraction of sp³-hybridized carbons (Fsp3) is 0.381. The van der Waals surface area contributed by atoms with Gasteiger partial charge in [-0.05, 0) is 12.1 Å². The van der Waals surface area contributed by atoms with E-state index in [2.05, 4.69) is 0 Å². The summed E-state index contributed by atoms with van der Waals surface area (Å²) in [4.78, 5) is 13.6. The molecule has 2 aliphatic rings. The maximum atomic E-state index is 11.5. The molecule has 2 aliphatic heterocycles. The summed E-state index contributed by atoms with van der Waals surface area (Å²) in [7, 11) is 5.35. The molecule has 7 heteroatoms. The van der Waals surface area contributed by atoms with Crippen LogP contribution in [0.25, 0.3) is 0 Å². The highest BCUT2D eigenvalue weighted by Crippen LogP contribution is 2.41. The maximum absolute atomic E-state index is 11.5. The molecule has 0 saturated heterocycles. The van der Waals surface area contributed by atoms with E-state index in [1.807, 2.05) is 49.3 Å². The molecule has 0 aliphatic carbocycles. The average Bonchev–Trinajstić information content (AvgIpc) is 3.32. The van der Waals surface area contributed by atoms with Crippen LogP contribution in [-0.2, 0) is 16.1 Å². The number of hydrogen-bond donors (Lipinski definition) is 0. The van der Waals surface area contributed by atoms with E-state index in [-0.39, 0.29) is 18.7 Å². The zero-order valence-electron chi connectivity index (χ0n) is 16.2. The third kappa shape index (κ3) is 3.52. The Morgan fingerprint density at radius 3 is 2.79 bits per heavy atom. The van der Waals surface area contributed by atoms with Crippen LogP contribution in [0.4, 0.5) is 5.69 Å². The van der Waals surface area contributed by atoms with Crippen LogP contribution in [0.5, 0.6) is 23.0 Å². The summed E-state index contributed by atoms with van der Waals surface area (Å²) >= 11 is 0. The van der Waals surface area contributed by atoms with Gasteiger partial charge in [0.2, 0.25) is 6.79 Å². The number of anilines is 1. The number of benzene rings is 2. The van der Waals surface area contributed by atoms with Gasteiger partial charge in [0.05, 0.1) is 20.1 Å². The van der Waals surface area contributed by atoms with E-state index < -0.39 is 0 Å². The largest absolute Gasteiger partial charge is 0.492 e. The van der Waals surface area contributed by atoms with Crippen LogP contribution in [0.3, 0.4) is 0 Å². The standard InChI is InChI=1S/C21H23NO6/c1-22(2)15-6-14(21-19(8-15)27-12-28-21)11-25-16-4-5-17-13(7-20(23)24-3)10-26-18(17)9-16/h4-6,8-9,13H,7,10-12H2,1-3H3/t13-/m1/s1. The fourth-order valence-corrected chi connectivity index (χ4v) is 3.39. The lowest BCUT2D eigenvalue weighted by atomic mass is 9.98. The minimum absolute atomic E-state index is 0.0158. The number of nitrogens with zero attached hydrogens (tertiary/aromatic N) is 1. The number of rotatable bonds is 6. The van der Waals surface area contributed by atoms with Crippen molar-refractivity contribution in [2.24, 2.45) is 0 Å². The summed E-state index contributed by atoms with van der Waals surface area (Å²) in [6, 6.07) is 9.69. The third-order valence-corrected chi connectivity index (χ3v) is 4.95. The molecule has 28 heavy (non-hydrogen) atoms. The van der Waals surface area contributed by atoms with Gasteiger partial charge in [0.1, 0.15) is 18.1 Å². The molecule has 0 unspecified atom stereocenters. The Morgan fingerprint density at radius 2 is 2.00 bits per heavy atom. The summed E-state index contributed by atoms with van der Waals surface area (Å²) in [5, 5.41) is 0. The highest BCUT2D eigenvalue weighted by Gasteiger charge is 2.27. The van der Waals surface area contributed by atoms with Crippen molar-refractivity contribution >= 4 is 11.7 Å². The van der Waals surface area contributed by atoms with Gasteiger partial charge >= 0.3 is 5.97 Å². The van der Waals surface area contributed by atoms with Crippen molar-refractivity contribution in [3.63, 3.8) is 0 Å². The molecule has 0 N–H and O–H groups in total. The first-order chi connectivity index (χ1) is 13.5. The first kappa shape index (κ1) is 18.3. The highest BCUT2D eigenvalue weighted by atomic mass is 16.7. The second-order valence-corrected chi connectivity index (χ2v) is 7.01. The molecule has 2 aromatic carbocycles. The predicted molar refractivity (Wildman–Crippen MR) is 103 cm³/mol. The van der Waals surface area contributed by atoms with Gasteiger partial charge in [-0.1, -0.05) is 6.07 Å². The second kappa shape index (κ2) is 7.50. The summed E-state index contributed by atoms with van der Waals surface area (Å²) < 4.78 is 27.6. The third-order valence-electron chi connectivity index (χ3n) is 4.95. The summed E-state index contributed by atoms with van der Waals surface area (Å²) in [6.07, 6.45) is 0.310. The SMILES string of the molecule is COC(=O)C[C@@H]1COc2cc(OCc3cc(N(C)C)cc4c3OCO4)ccc21. The Kier molecular flexibility index (Phi) is 4.90. The molecule has 1 atom stereocenters. The van der Waals surface area contributed by atoms with Gasteiger partial charge < -0.3 is 28.6 Å². The van der Waals surface area contributed by atoms with E-state index in [4.69, 9.17) is 23.7 Å². The van der Waals surface area contributed by atoms with Gasteiger partial charge in [-0.2, -0.15) is 0 Å². The average molecular weight is 385 g/mol. The molecule has 148 valence electrons. The molecule has 0 spiro atoms. The number of carbonyl (C=O) groups excluding carboxylic acids is 1. The number of carbonyl (C=O) groups is 1. The van der Waals surface area contributed by atoms with E-state index >= 15 is 0 Å². The molecular formula is C21H23NO6. The minimum Gasteiger partial charge on any atom is -0.492 e. The van der Waals surface area contributed by atoms with Gasteiger partial charge in [-0.25, -0.2) is 0 Å². The maximum Gasteiger partial charge on any atom is 0.306 e. The zero-order valence-corrected chi connectivity index (χ0v) is 16.2. The summed E-state index contributed by atoms with van der Waals surface area (Å²) in [5.41, 5.74) is 2.94. The van der Waals surface area contributed by atoms with Crippen LogP contribution in [0.1, 0.15) is 23.5 Å². The van der Waals surface area contributed by atoms with E-state index in [0.29, 0.717) is 25.4 Å². The van der Waals surface area contributed by atoms with E-state index in [0.717, 1.165) is 34.1 Å². The summed E-state index contributed by atoms with van der Waals surface area (Å²) in [6.45, 7) is 1.03. The molecule has 0 radical (unpaired) electrons. The number of ether oxygens (including phenoxy) is 5. The number of methoxy groups -OCH3 is 1. The molecule has 2 heterocycles. The molecule has 0 fully saturated rings. The van der Waals surface area contributed by atoms with E-state index in [1.54, 1.807) is 0 Å². The quantitative estimate of drug-likeness (QED) is 0.708. The van der Waals surface area contributed by atoms with Gasteiger partial charge in [0, 0.05) is 49.0 Å². The van der Waals surface area contributed by atoms with Crippen LogP contribution in [0.15, 0.2) is 30.3 Å². The van der Waals surface area contributed by atoms with Crippen LogP contribution in [-0.4, -0.2) is 40.6 Å². The van der Waals surface area contributed by atoms with Crippen molar-refractivity contribution in [2.45, 2.75) is 18.9 Å². The van der Waals surface area contributed by atoms with Crippen molar-refractivity contribution in [3.05, 3.63) is 41.5 Å². The lowest BCUT2D eigenvalue weighted by Crippen LogP contribution is -2.09. The van der Waals surface area contributed by atoms with Crippen molar-refractivity contribution in [3.8, 4) is 23.0 Å². The van der Waals surface area contributed by atoms with E-state index in [1.165, 1.54) is 7.11 Å². The van der Waals surface area contributed by atoms with Crippen molar-refractivity contribution < 1.29 is 28.5 Å². The Hall–Kier alpha value is -3.09. The fourth-order valence-electron chi connectivity index (χ4n) is 3.39. The first-order valence-electron chi connectivity index (χ1n) is 9.11.